The molecule has 0 atom stereocenters. The van der Waals surface area contributed by atoms with Crippen LogP contribution >= 0.6 is 0 Å². The summed E-state index contributed by atoms with van der Waals surface area (Å²) in [6.45, 7) is 1.93. The molecular formula is C28H25F2NO5. The quantitative estimate of drug-likeness (QED) is 0.462. The lowest BCUT2D eigenvalue weighted by molar-refractivity contribution is -0.286. The van der Waals surface area contributed by atoms with Crippen molar-refractivity contribution < 1.29 is 34.4 Å². The Morgan fingerprint density at radius 1 is 0.944 bits per heavy atom. The topological polar surface area (TPSA) is 85.7 Å². The van der Waals surface area contributed by atoms with Crippen molar-refractivity contribution in [2.45, 2.75) is 56.2 Å². The summed E-state index contributed by atoms with van der Waals surface area (Å²) in [6, 6.07) is 15.7. The van der Waals surface area contributed by atoms with Crippen LogP contribution in [0.2, 0.25) is 0 Å². The number of pyridine rings is 1. The number of carbonyl (C=O) groups excluding carboxylic acids is 1. The largest absolute Gasteiger partial charge is 0.586 e. The number of Topliss-reactive ketones (excluding diaryl/α,β-unsaturated/α-hetero) is 1. The lowest BCUT2D eigenvalue weighted by Gasteiger charge is -2.16. The molecule has 36 heavy (non-hydrogen) atoms. The summed E-state index contributed by atoms with van der Waals surface area (Å²) in [5.74, 6) is -0.963. The molecule has 1 aliphatic heterocycles. The van der Waals surface area contributed by atoms with E-state index in [-0.39, 0.29) is 25.1 Å². The number of benzene rings is 2. The van der Waals surface area contributed by atoms with Crippen LogP contribution in [0.25, 0.3) is 11.3 Å². The monoisotopic (exact) mass is 493 g/mol. The smallest absolute Gasteiger partial charge is 0.481 e. The van der Waals surface area contributed by atoms with Gasteiger partial charge in [0.15, 0.2) is 11.5 Å². The minimum absolute atomic E-state index is 0. The van der Waals surface area contributed by atoms with E-state index >= 15 is 0 Å². The van der Waals surface area contributed by atoms with Crippen LogP contribution < -0.4 is 9.47 Å². The van der Waals surface area contributed by atoms with Crippen molar-refractivity contribution in [2.24, 2.45) is 0 Å². The second kappa shape index (κ2) is 7.59. The molecule has 1 aromatic heterocycles. The third kappa shape index (κ3) is 3.63. The molecule has 2 fully saturated rings. The number of carboxylic acids is 1. The Bertz CT molecular complexity index is 1430. The number of alkyl halides is 2. The molecule has 0 spiro atoms. The lowest BCUT2D eigenvalue weighted by atomic mass is 9.88. The standard InChI is InChI=1S/C28H23F2NO5.H2/c1-16-5-7-20(31-24(16)17-3-2-4-18(13-17)27(11-12-27)25(33)34)15-23(32)26(9-10-26)19-6-8-21-22(14-19)36-28(29,30)35-21;/h2-8,13-14H,9-12,15H2,1H3,(H,33,34);1H. The Morgan fingerprint density at radius 2 is 1.64 bits per heavy atom. The number of aliphatic carboxylic acids is 1. The van der Waals surface area contributed by atoms with Gasteiger partial charge in [0.05, 0.1) is 16.5 Å². The van der Waals surface area contributed by atoms with E-state index in [9.17, 15) is 23.5 Å². The van der Waals surface area contributed by atoms with Crippen molar-refractivity contribution in [1.82, 2.24) is 4.98 Å². The highest BCUT2D eigenvalue weighted by atomic mass is 19.3. The summed E-state index contributed by atoms with van der Waals surface area (Å²) in [5.41, 5.74) is 2.87. The van der Waals surface area contributed by atoms with E-state index in [1.54, 1.807) is 6.07 Å². The van der Waals surface area contributed by atoms with Crippen molar-refractivity contribution in [1.29, 1.82) is 0 Å². The van der Waals surface area contributed by atoms with Gasteiger partial charge in [-0.05, 0) is 73.6 Å². The second-order valence-corrected chi connectivity index (χ2v) is 9.95. The van der Waals surface area contributed by atoms with Gasteiger partial charge < -0.3 is 14.6 Å². The van der Waals surface area contributed by atoms with E-state index in [2.05, 4.69) is 9.47 Å². The van der Waals surface area contributed by atoms with Gasteiger partial charge in [0.2, 0.25) is 0 Å². The molecule has 0 unspecified atom stereocenters. The molecule has 3 aromatic rings. The van der Waals surface area contributed by atoms with Crippen LogP contribution in [0.3, 0.4) is 0 Å². The number of hydrogen-bond acceptors (Lipinski definition) is 5. The molecule has 2 aliphatic carbocycles. The van der Waals surface area contributed by atoms with E-state index in [1.165, 1.54) is 12.1 Å². The molecule has 186 valence electrons. The van der Waals surface area contributed by atoms with Gasteiger partial charge in [0.25, 0.3) is 0 Å². The molecule has 0 saturated heterocycles. The van der Waals surface area contributed by atoms with Gasteiger partial charge in [-0.2, -0.15) is 0 Å². The molecule has 0 amide bonds. The van der Waals surface area contributed by atoms with Gasteiger partial charge in [-0.25, -0.2) is 0 Å². The summed E-state index contributed by atoms with van der Waals surface area (Å²) < 4.78 is 35.9. The van der Waals surface area contributed by atoms with Crippen molar-refractivity contribution in [3.05, 3.63) is 77.0 Å². The Labute approximate surface area is 207 Å². The Hall–Kier alpha value is -3.81. The zero-order valence-corrected chi connectivity index (χ0v) is 19.5. The van der Waals surface area contributed by atoms with Crippen LogP contribution in [-0.4, -0.2) is 28.1 Å². The number of rotatable bonds is 7. The molecule has 6 nitrogen and oxygen atoms in total. The summed E-state index contributed by atoms with van der Waals surface area (Å²) in [6.07, 6.45) is -1.13. The van der Waals surface area contributed by atoms with Crippen molar-refractivity contribution in [3.8, 4) is 22.8 Å². The normalized spacial score (nSPS) is 19.5. The molecule has 0 radical (unpaired) electrons. The minimum atomic E-state index is -3.70. The molecule has 8 heteroatoms. The number of ether oxygens (including phenoxy) is 2. The first kappa shape index (κ1) is 22.6. The first-order chi connectivity index (χ1) is 17.1. The van der Waals surface area contributed by atoms with Crippen LogP contribution in [0.5, 0.6) is 11.5 Å². The highest BCUT2D eigenvalue weighted by Crippen LogP contribution is 2.53. The number of ketones is 1. The molecule has 2 aromatic carbocycles. The van der Waals surface area contributed by atoms with E-state index in [1.807, 2.05) is 43.3 Å². The number of halogens is 2. The lowest BCUT2D eigenvalue weighted by Crippen LogP contribution is -2.26. The van der Waals surface area contributed by atoms with Crippen LogP contribution in [0.15, 0.2) is 54.6 Å². The summed E-state index contributed by atoms with van der Waals surface area (Å²) in [7, 11) is 0. The number of nitrogens with zero attached hydrogens (tertiary/aromatic N) is 1. The molecule has 2 saturated carbocycles. The van der Waals surface area contributed by atoms with E-state index in [4.69, 9.17) is 4.98 Å². The first-order valence-corrected chi connectivity index (χ1v) is 11.9. The first-order valence-electron chi connectivity index (χ1n) is 11.9. The van der Waals surface area contributed by atoms with Gasteiger partial charge in [-0.1, -0.05) is 30.3 Å². The molecule has 0 bridgehead atoms. The van der Waals surface area contributed by atoms with E-state index in [0.29, 0.717) is 42.6 Å². The van der Waals surface area contributed by atoms with E-state index < -0.39 is 23.1 Å². The molecular weight excluding hydrogens is 468 g/mol. The second-order valence-electron chi connectivity index (χ2n) is 9.95. The third-order valence-corrected chi connectivity index (χ3v) is 7.58. The number of carboxylic acid groups (broad SMARTS) is 1. The van der Waals surface area contributed by atoms with Crippen LogP contribution in [0, 0.1) is 6.92 Å². The number of aromatic nitrogens is 1. The number of carbonyl (C=O) groups is 2. The van der Waals surface area contributed by atoms with Crippen LogP contribution in [-0.2, 0) is 26.8 Å². The van der Waals surface area contributed by atoms with Crippen molar-refractivity contribution in [2.75, 3.05) is 0 Å². The third-order valence-electron chi connectivity index (χ3n) is 7.58. The fraction of sp³-hybridized carbons (Fsp3) is 0.321. The average Bonchev–Trinajstić information content (AvgIpc) is 3.75. The predicted octanol–water partition coefficient (Wildman–Crippen LogP) is 5.58. The van der Waals surface area contributed by atoms with Crippen LogP contribution in [0.1, 0.15) is 49.5 Å². The maximum absolute atomic E-state index is 13.4. The van der Waals surface area contributed by atoms with Gasteiger partial charge in [-0.3, -0.25) is 14.6 Å². The maximum Gasteiger partial charge on any atom is 0.586 e. The summed E-state index contributed by atoms with van der Waals surface area (Å²) in [4.78, 5) is 30.0. The average molecular weight is 494 g/mol. The van der Waals surface area contributed by atoms with Gasteiger partial charge in [0.1, 0.15) is 5.78 Å². The summed E-state index contributed by atoms with van der Waals surface area (Å²) in [5, 5.41) is 9.66. The zero-order valence-electron chi connectivity index (χ0n) is 19.5. The minimum Gasteiger partial charge on any atom is -0.481 e. The van der Waals surface area contributed by atoms with Crippen LogP contribution in [0.4, 0.5) is 8.78 Å². The van der Waals surface area contributed by atoms with E-state index in [0.717, 1.165) is 16.7 Å². The molecule has 6 rings (SSSR count). The zero-order chi connectivity index (χ0) is 25.3. The Kier molecular flexibility index (Phi) is 4.78. The molecule has 1 N–H and O–H groups in total. The Morgan fingerprint density at radius 3 is 2.33 bits per heavy atom. The van der Waals surface area contributed by atoms with Gasteiger partial charge in [0, 0.05) is 19.1 Å². The van der Waals surface area contributed by atoms with Crippen molar-refractivity contribution >= 4 is 11.8 Å². The Balaban J connectivity index is 0.00000280. The number of hydrogen-bond donors (Lipinski definition) is 1. The number of aryl methyl sites for hydroxylation is 1. The van der Waals surface area contributed by atoms with Gasteiger partial charge >= 0.3 is 12.3 Å². The fourth-order valence-electron chi connectivity index (χ4n) is 5.11. The fourth-order valence-corrected chi connectivity index (χ4v) is 5.11. The molecule has 3 aliphatic rings. The highest BCUT2D eigenvalue weighted by Gasteiger charge is 2.53. The molecule has 2 heterocycles. The van der Waals surface area contributed by atoms with Crippen molar-refractivity contribution in [3.63, 3.8) is 0 Å². The highest BCUT2D eigenvalue weighted by molar-refractivity contribution is 5.94. The summed E-state index contributed by atoms with van der Waals surface area (Å²) >= 11 is 0. The van der Waals surface area contributed by atoms with Gasteiger partial charge in [-0.15, -0.1) is 8.78 Å². The maximum atomic E-state index is 13.4. The predicted molar refractivity (Wildman–Crippen MR) is 127 cm³/mol. The SMILES string of the molecule is Cc1ccc(CC(=O)C2(c3ccc4c(c3)OC(F)(F)O4)CC2)nc1-c1cccc(C2(C(=O)O)CC2)c1.[HH]. The number of fused-ring (bicyclic) bond motifs is 1.